The highest BCUT2D eigenvalue weighted by Crippen LogP contribution is 2.24. The Morgan fingerprint density at radius 1 is 1.12 bits per heavy atom. The van der Waals surface area contributed by atoms with Gasteiger partial charge in [-0.1, -0.05) is 36.4 Å². The summed E-state index contributed by atoms with van der Waals surface area (Å²) in [5.41, 5.74) is 4.44. The molecule has 1 saturated heterocycles. The lowest BCUT2D eigenvalue weighted by molar-refractivity contribution is -0.121. The molecule has 0 radical (unpaired) electrons. The quantitative estimate of drug-likeness (QED) is 0.912. The van der Waals surface area contributed by atoms with Gasteiger partial charge in [0.2, 0.25) is 11.8 Å². The lowest BCUT2D eigenvalue weighted by Crippen LogP contribution is -2.37. The topological polar surface area (TPSA) is 49.4 Å². The molecule has 1 heterocycles. The van der Waals surface area contributed by atoms with E-state index in [9.17, 15) is 9.59 Å². The molecular formula is C21H24N2O2. The second-order valence-electron chi connectivity index (χ2n) is 6.73. The minimum absolute atomic E-state index is 0.00332. The minimum Gasteiger partial charge on any atom is -0.351 e. The highest BCUT2D eigenvalue weighted by molar-refractivity contribution is 5.97. The molecule has 2 amide bonds. The van der Waals surface area contributed by atoms with Crippen LogP contribution in [0.15, 0.2) is 48.5 Å². The summed E-state index contributed by atoms with van der Waals surface area (Å²) in [6.07, 6.45) is 1.52. The maximum absolute atomic E-state index is 12.3. The Labute approximate surface area is 148 Å². The van der Waals surface area contributed by atoms with Crippen molar-refractivity contribution in [2.75, 3.05) is 11.4 Å². The van der Waals surface area contributed by atoms with Gasteiger partial charge in [-0.3, -0.25) is 9.59 Å². The Morgan fingerprint density at radius 2 is 1.88 bits per heavy atom. The predicted molar refractivity (Wildman–Crippen MR) is 99.6 cm³/mol. The number of benzene rings is 2. The van der Waals surface area contributed by atoms with Gasteiger partial charge in [-0.25, -0.2) is 0 Å². The van der Waals surface area contributed by atoms with Crippen LogP contribution in [-0.2, 0) is 16.0 Å². The molecule has 1 atom stereocenters. The number of aryl methyl sites for hydroxylation is 3. The van der Waals surface area contributed by atoms with Crippen LogP contribution < -0.4 is 10.2 Å². The molecule has 1 N–H and O–H groups in total. The molecule has 1 fully saturated rings. The molecule has 4 nitrogen and oxygen atoms in total. The molecular weight excluding hydrogens is 312 g/mol. The summed E-state index contributed by atoms with van der Waals surface area (Å²) in [5.74, 6) is 0.0696. The van der Waals surface area contributed by atoms with Crippen molar-refractivity contribution in [3.05, 3.63) is 65.2 Å². The lowest BCUT2D eigenvalue weighted by Gasteiger charge is -2.18. The molecule has 2 aromatic rings. The van der Waals surface area contributed by atoms with Gasteiger partial charge in [0.1, 0.15) is 0 Å². The van der Waals surface area contributed by atoms with Crippen LogP contribution in [0.4, 0.5) is 5.69 Å². The smallest absolute Gasteiger partial charge is 0.229 e. The average Bonchev–Trinajstić information content (AvgIpc) is 2.96. The fourth-order valence-electron chi connectivity index (χ4n) is 3.15. The Morgan fingerprint density at radius 3 is 2.60 bits per heavy atom. The number of anilines is 1. The van der Waals surface area contributed by atoms with E-state index in [0.29, 0.717) is 25.8 Å². The number of carbonyl (C=O) groups is 2. The number of amides is 2. The summed E-state index contributed by atoms with van der Waals surface area (Å²) in [7, 11) is 0. The first-order valence-corrected chi connectivity index (χ1v) is 8.74. The normalized spacial score (nSPS) is 17.0. The fraction of sp³-hybridized carbons (Fsp3) is 0.333. The van der Waals surface area contributed by atoms with E-state index in [1.165, 1.54) is 11.1 Å². The molecule has 25 heavy (non-hydrogen) atoms. The third kappa shape index (κ3) is 4.27. The van der Waals surface area contributed by atoms with Gasteiger partial charge in [-0.2, -0.15) is 0 Å². The van der Waals surface area contributed by atoms with Crippen molar-refractivity contribution in [2.45, 2.75) is 39.2 Å². The molecule has 3 rings (SSSR count). The largest absolute Gasteiger partial charge is 0.351 e. The molecule has 0 aromatic heterocycles. The van der Waals surface area contributed by atoms with Crippen molar-refractivity contribution in [2.24, 2.45) is 0 Å². The number of hydrogen-bond donors (Lipinski definition) is 1. The van der Waals surface area contributed by atoms with Gasteiger partial charge in [0, 0.05) is 25.1 Å². The molecule has 4 heteroatoms. The van der Waals surface area contributed by atoms with E-state index in [1.54, 1.807) is 4.90 Å². The van der Waals surface area contributed by atoms with E-state index in [2.05, 4.69) is 12.2 Å². The first kappa shape index (κ1) is 17.2. The summed E-state index contributed by atoms with van der Waals surface area (Å²) in [4.78, 5) is 26.3. The molecule has 1 aliphatic heterocycles. The summed E-state index contributed by atoms with van der Waals surface area (Å²) < 4.78 is 0. The molecule has 1 aliphatic rings. The van der Waals surface area contributed by atoms with Crippen molar-refractivity contribution in [1.29, 1.82) is 0 Å². The zero-order valence-corrected chi connectivity index (χ0v) is 14.8. The molecule has 0 spiro atoms. The van der Waals surface area contributed by atoms with Gasteiger partial charge >= 0.3 is 0 Å². The van der Waals surface area contributed by atoms with E-state index >= 15 is 0 Å². The van der Waals surface area contributed by atoms with E-state index in [-0.39, 0.29) is 17.9 Å². The van der Waals surface area contributed by atoms with E-state index in [4.69, 9.17) is 0 Å². The summed E-state index contributed by atoms with van der Waals surface area (Å²) in [5, 5.41) is 3.00. The van der Waals surface area contributed by atoms with Crippen LogP contribution in [-0.4, -0.2) is 24.4 Å². The first-order valence-electron chi connectivity index (χ1n) is 8.74. The van der Waals surface area contributed by atoms with Crippen LogP contribution in [0.3, 0.4) is 0 Å². The van der Waals surface area contributed by atoms with E-state index in [1.807, 2.05) is 55.5 Å². The van der Waals surface area contributed by atoms with Crippen molar-refractivity contribution >= 4 is 17.5 Å². The van der Waals surface area contributed by atoms with E-state index < -0.39 is 0 Å². The van der Waals surface area contributed by atoms with Crippen LogP contribution >= 0.6 is 0 Å². The van der Waals surface area contributed by atoms with Crippen molar-refractivity contribution < 1.29 is 9.59 Å². The van der Waals surface area contributed by atoms with Gasteiger partial charge in [-0.05, 0) is 49.1 Å². The number of rotatable bonds is 5. The summed E-state index contributed by atoms with van der Waals surface area (Å²) >= 11 is 0. The monoisotopic (exact) mass is 336 g/mol. The third-order valence-electron chi connectivity index (χ3n) is 4.78. The van der Waals surface area contributed by atoms with Crippen LogP contribution in [0.2, 0.25) is 0 Å². The van der Waals surface area contributed by atoms with Crippen LogP contribution in [0.5, 0.6) is 0 Å². The summed E-state index contributed by atoms with van der Waals surface area (Å²) in [6.45, 7) is 4.64. The lowest BCUT2D eigenvalue weighted by atomic mass is 10.1. The molecule has 130 valence electrons. The zero-order chi connectivity index (χ0) is 17.8. The van der Waals surface area contributed by atoms with Crippen molar-refractivity contribution in [3.63, 3.8) is 0 Å². The van der Waals surface area contributed by atoms with Crippen molar-refractivity contribution in [3.8, 4) is 0 Å². The van der Waals surface area contributed by atoms with Gasteiger partial charge in [0.25, 0.3) is 0 Å². The Balaban J connectivity index is 1.55. The first-order chi connectivity index (χ1) is 12.0. The average molecular weight is 336 g/mol. The molecule has 0 unspecified atom stereocenters. The second-order valence-corrected chi connectivity index (χ2v) is 6.73. The molecule has 0 saturated carbocycles. The van der Waals surface area contributed by atoms with Crippen LogP contribution in [0.1, 0.15) is 29.5 Å². The van der Waals surface area contributed by atoms with Crippen LogP contribution in [0, 0.1) is 13.8 Å². The van der Waals surface area contributed by atoms with Gasteiger partial charge in [0.15, 0.2) is 0 Å². The predicted octanol–water partition coefficient (Wildman–Crippen LogP) is 3.16. The Hall–Kier alpha value is -2.62. The van der Waals surface area contributed by atoms with Gasteiger partial charge in [0.05, 0.1) is 6.04 Å². The fourth-order valence-corrected chi connectivity index (χ4v) is 3.15. The number of nitrogens with one attached hydrogen (secondary N) is 1. The van der Waals surface area contributed by atoms with Gasteiger partial charge < -0.3 is 10.2 Å². The Bertz CT molecular complexity index is 771. The third-order valence-corrected chi connectivity index (χ3v) is 4.78. The highest BCUT2D eigenvalue weighted by atomic mass is 16.2. The molecule has 0 aliphatic carbocycles. The number of nitrogens with zero attached hydrogens (tertiary/aromatic N) is 1. The van der Waals surface area contributed by atoms with Gasteiger partial charge in [-0.15, -0.1) is 0 Å². The summed E-state index contributed by atoms with van der Waals surface area (Å²) in [6, 6.07) is 15.9. The van der Waals surface area contributed by atoms with E-state index in [0.717, 1.165) is 11.3 Å². The standard InChI is InChI=1S/C21H24N2O2/c1-15-8-10-19(12-16(15)2)23-14-18(13-21(23)25)22-20(24)11-9-17-6-4-3-5-7-17/h3-8,10,12,18H,9,11,13-14H2,1-2H3,(H,22,24)/t18-/m0/s1. The molecule has 2 aromatic carbocycles. The second kappa shape index (κ2) is 7.51. The zero-order valence-electron chi connectivity index (χ0n) is 14.8. The molecule has 0 bridgehead atoms. The number of carbonyl (C=O) groups excluding carboxylic acids is 2. The maximum atomic E-state index is 12.3. The number of hydrogen-bond acceptors (Lipinski definition) is 2. The maximum Gasteiger partial charge on any atom is 0.229 e. The van der Waals surface area contributed by atoms with Crippen LogP contribution in [0.25, 0.3) is 0 Å². The Kier molecular flexibility index (Phi) is 5.17. The highest BCUT2D eigenvalue weighted by Gasteiger charge is 2.31. The minimum atomic E-state index is -0.114. The SMILES string of the molecule is Cc1ccc(N2C[C@@H](NC(=O)CCc3ccccc3)CC2=O)cc1C. The van der Waals surface area contributed by atoms with Crippen molar-refractivity contribution in [1.82, 2.24) is 5.32 Å².